The van der Waals surface area contributed by atoms with E-state index in [0.29, 0.717) is 0 Å². The number of benzene rings is 1. The topological polar surface area (TPSA) is 9.23 Å². The molecule has 1 aromatic carbocycles. The van der Waals surface area contributed by atoms with E-state index in [4.69, 9.17) is 4.74 Å². The van der Waals surface area contributed by atoms with Crippen molar-refractivity contribution in [3.8, 4) is 0 Å². The Balaban J connectivity index is 2.23. The van der Waals surface area contributed by atoms with Crippen molar-refractivity contribution in [2.75, 3.05) is 6.61 Å². The zero-order valence-electron chi connectivity index (χ0n) is 8.55. The van der Waals surface area contributed by atoms with Crippen LogP contribution in [-0.2, 0) is 8.35 Å². The molecule has 3 radical (unpaired) electrons. The molecule has 1 aliphatic rings. The van der Waals surface area contributed by atoms with E-state index in [1.54, 1.807) is 0 Å². The van der Waals surface area contributed by atoms with Crippen LogP contribution in [0.2, 0.25) is 0 Å². The maximum absolute atomic E-state index is 5.93. The molecule has 0 bridgehead atoms. The Labute approximate surface area is 98.9 Å². The molecule has 0 spiro atoms. The predicted octanol–water partition coefficient (Wildman–Crippen LogP) is 2.52. The summed E-state index contributed by atoms with van der Waals surface area (Å²) in [6.07, 6.45) is 3.72. The molecule has 0 aromatic heterocycles. The molecular formula is C12H15OSn. The van der Waals surface area contributed by atoms with Crippen molar-refractivity contribution in [3.05, 3.63) is 35.4 Å². The standard InChI is InChI=1S/C12H15O.Sn/c1-10-5-7-11(8-6-10)12-4-2-3-9-13-12;/h5-8H,2-4,9H2,1H3;. The molecule has 1 unspecified atom stereocenters. The fourth-order valence-corrected chi connectivity index (χ4v) is 3.12. The molecule has 73 valence electrons. The maximum atomic E-state index is 5.93. The minimum atomic E-state index is 0.0542. The van der Waals surface area contributed by atoms with Gasteiger partial charge in [0.25, 0.3) is 0 Å². The van der Waals surface area contributed by atoms with Crippen molar-refractivity contribution in [1.82, 2.24) is 0 Å². The average molecular weight is 294 g/mol. The quantitative estimate of drug-likeness (QED) is 0.723. The van der Waals surface area contributed by atoms with E-state index in [-0.39, 0.29) is 3.62 Å². The number of rotatable bonds is 1. The van der Waals surface area contributed by atoms with Gasteiger partial charge in [-0.15, -0.1) is 0 Å². The van der Waals surface area contributed by atoms with E-state index in [1.165, 1.54) is 52.9 Å². The Kier molecular flexibility index (Phi) is 3.17. The van der Waals surface area contributed by atoms with E-state index in [1.807, 2.05) is 0 Å². The van der Waals surface area contributed by atoms with Crippen LogP contribution in [0.3, 0.4) is 0 Å². The summed E-state index contributed by atoms with van der Waals surface area (Å²) in [7, 11) is 0. The molecule has 0 amide bonds. The number of hydrogen-bond acceptors (Lipinski definition) is 1. The van der Waals surface area contributed by atoms with Gasteiger partial charge >= 0.3 is 99.1 Å². The molecule has 14 heavy (non-hydrogen) atoms. The van der Waals surface area contributed by atoms with Crippen molar-refractivity contribution in [3.63, 3.8) is 0 Å². The van der Waals surface area contributed by atoms with Crippen LogP contribution < -0.4 is 0 Å². The summed E-state index contributed by atoms with van der Waals surface area (Å²) < 4.78 is 5.99. The molecule has 1 nitrogen and oxygen atoms in total. The van der Waals surface area contributed by atoms with E-state index in [0.717, 1.165) is 6.61 Å². The van der Waals surface area contributed by atoms with Crippen LogP contribution in [0.15, 0.2) is 24.3 Å². The Morgan fingerprint density at radius 3 is 2.50 bits per heavy atom. The number of ether oxygens (including phenoxy) is 1. The first-order chi connectivity index (χ1) is 6.71. The van der Waals surface area contributed by atoms with Crippen molar-refractivity contribution in [2.45, 2.75) is 29.8 Å². The first kappa shape index (κ1) is 10.5. The van der Waals surface area contributed by atoms with Crippen molar-refractivity contribution in [1.29, 1.82) is 0 Å². The first-order valence-corrected chi connectivity index (χ1v) is 6.59. The van der Waals surface area contributed by atoms with Crippen molar-refractivity contribution < 1.29 is 4.74 Å². The van der Waals surface area contributed by atoms with Crippen LogP contribution in [0.25, 0.3) is 0 Å². The average Bonchev–Trinajstić information content (AvgIpc) is 2.19. The van der Waals surface area contributed by atoms with Gasteiger partial charge in [0.05, 0.1) is 0 Å². The van der Waals surface area contributed by atoms with Crippen molar-refractivity contribution in [2.24, 2.45) is 0 Å². The summed E-state index contributed by atoms with van der Waals surface area (Å²) >= 11 is 1.48. The van der Waals surface area contributed by atoms with Crippen LogP contribution in [0, 0.1) is 6.92 Å². The third kappa shape index (κ3) is 2.14. The molecule has 1 aromatic rings. The van der Waals surface area contributed by atoms with E-state index in [9.17, 15) is 0 Å². The van der Waals surface area contributed by atoms with E-state index >= 15 is 0 Å². The van der Waals surface area contributed by atoms with Gasteiger partial charge < -0.3 is 0 Å². The van der Waals surface area contributed by atoms with Gasteiger partial charge in [-0.1, -0.05) is 0 Å². The third-order valence-electron chi connectivity index (χ3n) is 2.79. The van der Waals surface area contributed by atoms with Gasteiger partial charge in [0.15, 0.2) is 0 Å². The fraction of sp³-hybridized carbons (Fsp3) is 0.500. The minimum absolute atomic E-state index is 0.0542. The fourth-order valence-electron chi connectivity index (χ4n) is 1.85. The SMILES string of the molecule is Cc1ccc([C]2([Sn])CCCCO2)cc1. The Morgan fingerprint density at radius 1 is 1.21 bits per heavy atom. The molecule has 2 heteroatoms. The molecule has 1 atom stereocenters. The molecule has 2 rings (SSSR count). The molecule has 1 fully saturated rings. The monoisotopic (exact) mass is 295 g/mol. The number of aryl methyl sites for hydroxylation is 1. The van der Waals surface area contributed by atoms with Gasteiger partial charge in [0.1, 0.15) is 0 Å². The van der Waals surface area contributed by atoms with Gasteiger partial charge in [0.2, 0.25) is 0 Å². The van der Waals surface area contributed by atoms with Gasteiger partial charge in [-0.05, 0) is 0 Å². The van der Waals surface area contributed by atoms with Crippen LogP contribution in [0.4, 0.5) is 0 Å². The normalized spacial score (nSPS) is 27.6. The molecule has 0 aliphatic carbocycles. The van der Waals surface area contributed by atoms with E-state index in [2.05, 4.69) is 31.2 Å². The van der Waals surface area contributed by atoms with Crippen LogP contribution in [0.1, 0.15) is 30.4 Å². The molecular weight excluding hydrogens is 279 g/mol. The van der Waals surface area contributed by atoms with Gasteiger partial charge in [0, 0.05) is 0 Å². The van der Waals surface area contributed by atoms with Gasteiger partial charge in [-0.2, -0.15) is 0 Å². The van der Waals surface area contributed by atoms with Gasteiger partial charge in [-0.3, -0.25) is 0 Å². The Bertz CT molecular complexity index is 299. The summed E-state index contributed by atoms with van der Waals surface area (Å²) in [6.45, 7) is 3.06. The summed E-state index contributed by atoms with van der Waals surface area (Å²) in [5, 5.41) is 0. The van der Waals surface area contributed by atoms with Crippen LogP contribution >= 0.6 is 0 Å². The third-order valence-corrected chi connectivity index (χ3v) is 4.74. The Hall–Kier alpha value is -0.0213. The second-order valence-corrected chi connectivity index (χ2v) is 6.30. The molecule has 0 saturated carbocycles. The van der Waals surface area contributed by atoms with Gasteiger partial charge in [-0.25, -0.2) is 0 Å². The second-order valence-electron chi connectivity index (χ2n) is 4.00. The summed E-state index contributed by atoms with van der Waals surface area (Å²) in [5.74, 6) is 0. The summed E-state index contributed by atoms with van der Waals surface area (Å²) in [4.78, 5) is 0. The molecule has 1 heterocycles. The van der Waals surface area contributed by atoms with Crippen LogP contribution in [0.5, 0.6) is 0 Å². The van der Waals surface area contributed by atoms with Crippen molar-refractivity contribution >= 4 is 22.5 Å². The molecule has 0 N–H and O–H groups in total. The summed E-state index contributed by atoms with van der Waals surface area (Å²) in [6, 6.07) is 8.79. The zero-order valence-corrected chi connectivity index (χ0v) is 11.4. The zero-order chi connectivity index (χ0) is 10.0. The second kappa shape index (κ2) is 4.23. The first-order valence-electron chi connectivity index (χ1n) is 5.17. The van der Waals surface area contributed by atoms with E-state index < -0.39 is 0 Å². The molecule has 1 saturated heterocycles. The molecule has 1 aliphatic heterocycles. The predicted molar refractivity (Wildman–Crippen MR) is 58.4 cm³/mol. The number of hydrogen-bond donors (Lipinski definition) is 0. The summed E-state index contributed by atoms with van der Waals surface area (Å²) in [5.41, 5.74) is 2.69. The Morgan fingerprint density at radius 2 is 1.93 bits per heavy atom. The van der Waals surface area contributed by atoms with Crippen LogP contribution in [-0.4, -0.2) is 29.1 Å².